The van der Waals surface area contributed by atoms with Crippen LogP contribution in [0, 0.1) is 22.6 Å². The molecule has 4 heteroatoms. The molecule has 0 spiro atoms. The Bertz CT molecular complexity index is 506. The minimum atomic E-state index is -0.294. The van der Waals surface area contributed by atoms with E-state index >= 15 is 0 Å². The molecule has 1 aromatic carbocycles. The fraction of sp³-hybridized carbons (Fsp3) is 0.562. The van der Waals surface area contributed by atoms with E-state index in [1.807, 2.05) is 13.8 Å². The normalized spacial score (nSPS) is 17.3. The molecule has 0 saturated heterocycles. The van der Waals surface area contributed by atoms with E-state index in [-0.39, 0.29) is 17.3 Å². The Morgan fingerprint density at radius 3 is 2.85 bits per heavy atom. The molecule has 0 aromatic heterocycles. The van der Waals surface area contributed by atoms with Crippen molar-refractivity contribution in [2.24, 2.45) is 5.41 Å². The molecule has 1 fully saturated rings. The van der Waals surface area contributed by atoms with Crippen LogP contribution in [0.25, 0.3) is 0 Å². The maximum Gasteiger partial charge on any atom is 0.127 e. The average Bonchev–Trinajstić information content (AvgIpc) is 3.17. The summed E-state index contributed by atoms with van der Waals surface area (Å²) in [6.07, 6.45) is 2.56. The summed E-state index contributed by atoms with van der Waals surface area (Å²) in [5.41, 5.74) is 0.959. The number of nitriles is 1. The minimum Gasteiger partial charge on any atom is -0.493 e. The predicted molar refractivity (Wildman–Crippen MR) is 75.9 cm³/mol. The zero-order valence-electron chi connectivity index (χ0n) is 12.1. The first kappa shape index (κ1) is 14.8. The number of nitrogens with one attached hydrogen (secondary N) is 1. The maximum absolute atomic E-state index is 13.4. The number of hydrogen-bond donors (Lipinski definition) is 1. The molecule has 1 N–H and O–H groups in total. The zero-order valence-corrected chi connectivity index (χ0v) is 12.1. The Morgan fingerprint density at radius 1 is 1.50 bits per heavy atom. The Morgan fingerprint density at radius 2 is 2.25 bits per heavy atom. The molecule has 1 saturated carbocycles. The second kappa shape index (κ2) is 6.23. The van der Waals surface area contributed by atoms with Crippen molar-refractivity contribution in [3.05, 3.63) is 29.6 Å². The molecule has 0 aliphatic heterocycles. The summed E-state index contributed by atoms with van der Waals surface area (Å²) in [4.78, 5) is 0. The summed E-state index contributed by atoms with van der Waals surface area (Å²) >= 11 is 0. The highest BCUT2D eigenvalue weighted by atomic mass is 19.1. The molecular weight excluding hydrogens is 255 g/mol. The largest absolute Gasteiger partial charge is 0.493 e. The highest BCUT2D eigenvalue weighted by Gasteiger charge is 2.43. The van der Waals surface area contributed by atoms with Crippen molar-refractivity contribution in [1.82, 2.24) is 5.32 Å². The molecule has 0 bridgehead atoms. The Balaban J connectivity index is 2.09. The first-order valence-corrected chi connectivity index (χ1v) is 7.13. The zero-order chi connectivity index (χ0) is 14.6. The molecule has 0 heterocycles. The van der Waals surface area contributed by atoms with E-state index in [0.29, 0.717) is 18.8 Å². The van der Waals surface area contributed by atoms with E-state index in [0.717, 1.165) is 24.9 Å². The smallest absolute Gasteiger partial charge is 0.127 e. The molecule has 108 valence electrons. The van der Waals surface area contributed by atoms with Crippen LogP contribution in [0.15, 0.2) is 18.2 Å². The number of halogens is 1. The van der Waals surface area contributed by atoms with E-state index in [1.54, 1.807) is 6.07 Å². The fourth-order valence-electron chi connectivity index (χ4n) is 2.35. The van der Waals surface area contributed by atoms with E-state index in [1.165, 1.54) is 12.1 Å². The van der Waals surface area contributed by atoms with Gasteiger partial charge < -0.3 is 10.1 Å². The fourth-order valence-corrected chi connectivity index (χ4v) is 2.35. The summed E-state index contributed by atoms with van der Waals surface area (Å²) in [6, 6.07) is 6.98. The second-order valence-electron chi connectivity index (χ2n) is 5.59. The monoisotopic (exact) mass is 276 g/mol. The molecule has 3 nitrogen and oxygen atoms in total. The van der Waals surface area contributed by atoms with Crippen LogP contribution in [0.5, 0.6) is 5.75 Å². The van der Waals surface area contributed by atoms with E-state index < -0.39 is 0 Å². The van der Waals surface area contributed by atoms with Crippen LogP contribution < -0.4 is 10.1 Å². The lowest BCUT2D eigenvalue weighted by atomic mass is 10.0. The molecule has 1 unspecified atom stereocenters. The van der Waals surface area contributed by atoms with Gasteiger partial charge in [0.15, 0.2) is 0 Å². The van der Waals surface area contributed by atoms with Crippen LogP contribution in [0.2, 0.25) is 0 Å². The van der Waals surface area contributed by atoms with Gasteiger partial charge in [-0.3, -0.25) is 0 Å². The summed E-state index contributed by atoms with van der Waals surface area (Å²) < 4.78 is 19.3. The SMILES string of the molecule is CCNC(C)c1ccc(F)cc1OCC1(CC#N)CC1. The van der Waals surface area contributed by atoms with Gasteiger partial charge in [-0.05, 0) is 32.4 Å². The van der Waals surface area contributed by atoms with Crippen molar-refractivity contribution < 1.29 is 9.13 Å². The Labute approximate surface area is 119 Å². The molecule has 2 rings (SSSR count). The molecular formula is C16H21FN2O. The molecule has 20 heavy (non-hydrogen) atoms. The third kappa shape index (κ3) is 3.49. The highest BCUT2D eigenvalue weighted by Crippen LogP contribution is 2.49. The van der Waals surface area contributed by atoms with E-state index in [4.69, 9.17) is 10.00 Å². The van der Waals surface area contributed by atoms with Crippen molar-refractivity contribution >= 4 is 0 Å². The highest BCUT2D eigenvalue weighted by molar-refractivity contribution is 5.36. The first-order chi connectivity index (χ1) is 9.60. The summed E-state index contributed by atoms with van der Waals surface area (Å²) in [5, 5.41) is 12.1. The van der Waals surface area contributed by atoms with Crippen molar-refractivity contribution in [1.29, 1.82) is 5.26 Å². The van der Waals surface area contributed by atoms with Crippen molar-refractivity contribution in [3.8, 4) is 11.8 Å². The van der Waals surface area contributed by atoms with Gasteiger partial charge in [-0.2, -0.15) is 5.26 Å². The van der Waals surface area contributed by atoms with Crippen LogP contribution in [-0.4, -0.2) is 13.2 Å². The topological polar surface area (TPSA) is 45.0 Å². The van der Waals surface area contributed by atoms with Crippen molar-refractivity contribution in [3.63, 3.8) is 0 Å². The third-order valence-electron chi connectivity index (χ3n) is 3.90. The number of rotatable bonds is 7. The predicted octanol–water partition coefficient (Wildman–Crippen LogP) is 3.57. The van der Waals surface area contributed by atoms with Gasteiger partial charge in [0.05, 0.1) is 12.7 Å². The first-order valence-electron chi connectivity index (χ1n) is 7.13. The lowest BCUT2D eigenvalue weighted by Crippen LogP contribution is -2.20. The van der Waals surface area contributed by atoms with Gasteiger partial charge in [-0.1, -0.05) is 13.0 Å². The van der Waals surface area contributed by atoms with Gasteiger partial charge in [0, 0.05) is 29.5 Å². The van der Waals surface area contributed by atoms with Crippen LogP contribution in [0.4, 0.5) is 4.39 Å². The van der Waals surface area contributed by atoms with Gasteiger partial charge in [0.2, 0.25) is 0 Å². The Kier molecular flexibility index (Phi) is 4.61. The molecule has 1 aliphatic carbocycles. The molecule has 0 radical (unpaired) electrons. The lowest BCUT2D eigenvalue weighted by molar-refractivity contribution is 0.232. The summed E-state index contributed by atoms with van der Waals surface area (Å²) in [7, 11) is 0. The minimum absolute atomic E-state index is 0.000238. The van der Waals surface area contributed by atoms with Gasteiger partial charge in [0.25, 0.3) is 0 Å². The van der Waals surface area contributed by atoms with Gasteiger partial charge in [-0.25, -0.2) is 4.39 Å². The van der Waals surface area contributed by atoms with E-state index in [2.05, 4.69) is 11.4 Å². The molecule has 1 aliphatic rings. The van der Waals surface area contributed by atoms with Crippen LogP contribution in [0.1, 0.15) is 44.7 Å². The van der Waals surface area contributed by atoms with Crippen LogP contribution in [0.3, 0.4) is 0 Å². The third-order valence-corrected chi connectivity index (χ3v) is 3.90. The number of hydrogen-bond acceptors (Lipinski definition) is 3. The average molecular weight is 276 g/mol. The van der Waals surface area contributed by atoms with Gasteiger partial charge in [-0.15, -0.1) is 0 Å². The summed E-state index contributed by atoms with van der Waals surface area (Å²) in [6.45, 7) is 5.41. The maximum atomic E-state index is 13.4. The Hall–Kier alpha value is -1.60. The van der Waals surface area contributed by atoms with E-state index in [9.17, 15) is 4.39 Å². The molecule has 0 amide bonds. The van der Waals surface area contributed by atoms with Crippen LogP contribution in [-0.2, 0) is 0 Å². The van der Waals surface area contributed by atoms with Crippen LogP contribution >= 0.6 is 0 Å². The summed E-state index contributed by atoms with van der Waals surface area (Å²) in [5.74, 6) is 0.292. The van der Waals surface area contributed by atoms with Gasteiger partial charge >= 0.3 is 0 Å². The second-order valence-corrected chi connectivity index (χ2v) is 5.59. The lowest BCUT2D eigenvalue weighted by Gasteiger charge is -2.20. The quantitative estimate of drug-likeness (QED) is 0.828. The molecule has 1 aromatic rings. The van der Waals surface area contributed by atoms with Crippen molar-refractivity contribution in [2.75, 3.05) is 13.2 Å². The van der Waals surface area contributed by atoms with Gasteiger partial charge in [0.1, 0.15) is 11.6 Å². The standard InChI is InChI=1S/C16H21FN2O/c1-3-19-12(2)14-5-4-13(17)10-15(14)20-11-16(6-7-16)8-9-18/h4-5,10,12,19H,3,6-8,11H2,1-2H3. The number of benzene rings is 1. The van der Waals surface area contributed by atoms with Crippen molar-refractivity contribution in [2.45, 2.75) is 39.2 Å². The number of ether oxygens (including phenoxy) is 1. The number of nitrogens with zero attached hydrogens (tertiary/aromatic N) is 1. The molecule has 1 atom stereocenters.